The SMILES string of the molecule is CC(C)N(C)S(=O)(=O)NCCOCCO. The molecule has 0 rings (SSSR count). The van der Waals surface area contributed by atoms with Crippen LogP contribution in [0.2, 0.25) is 0 Å². The molecule has 0 aliphatic carbocycles. The summed E-state index contributed by atoms with van der Waals surface area (Å²) >= 11 is 0. The van der Waals surface area contributed by atoms with E-state index < -0.39 is 10.2 Å². The van der Waals surface area contributed by atoms with Crippen LogP contribution in [0.1, 0.15) is 13.8 Å². The zero-order valence-corrected chi connectivity index (χ0v) is 10.2. The minimum Gasteiger partial charge on any atom is -0.394 e. The van der Waals surface area contributed by atoms with Crippen molar-refractivity contribution in [3.8, 4) is 0 Å². The smallest absolute Gasteiger partial charge is 0.279 e. The van der Waals surface area contributed by atoms with Crippen LogP contribution in [0.5, 0.6) is 0 Å². The normalized spacial score (nSPS) is 12.7. The van der Waals surface area contributed by atoms with Gasteiger partial charge in [0.2, 0.25) is 0 Å². The quantitative estimate of drug-likeness (QED) is 0.543. The van der Waals surface area contributed by atoms with Crippen molar-refractivity contribution in [3.05, 3.63) is 0 Å². The highest BCUT2D eigenvalue weighted by atomic mass is 32.2. The Balaban J connectivity index is 3.85. The molecule has 15 heavy (non-hydrogen) atoms. The van der Waals surface area contributed by atoms with Crippen molar-refractivity contribution in [3.63, 3.8) is 0 Å². The lowest BCUT2D eigenvalue weighted by Gasteiger charge is -2.21. The third kappa shape index (κ3) is 6.06. The van der Waals surface area contributed by atoms with Crippen molar-refractivity contribution in [1.29, 1.82) is 0 Å². The Morgan fingerprint density at radius 2 is 2.00 bits per heavy atom. The molecule has 0 fully saturated rings. The zero-order valence-electron chi connectivity index (χ0n) is 9.43. The van der Waals surface area contributed by atoms with Gasteiger partial charge in [-0.15, -0.1) is 0 Å². The van der Waals surface area contributed by atoms with Gasteiger partial charge in [0.15, 0.2) is 0 Å². The van der Waals surface area contributed by atoms with Crippen molar-refractivity contribution < 1.29 is 18.3 Å². The fourth-order valence-corrected chi connectivity index (χ4v) is 1.89. The number of ether oxygens (including phenoxy) is 1. The first-order valence-electron chi connectivity index (χ1n) is 4.83. The first kappa shape index (κ1) is 14.8. The minimum absolute atomic E-state index is 0.0569. The van der Waals surface area contributed by atoms with Crippen LogP contribution < -0.4 is 4.72 Å². The molecule has 0 aromatic rings. The fourth-order valence-electron chi connectivity index (χ4n) is 0.789. The van der Waals surface area contributed by atoms with Gasteiger partial charge in [-0.05, 0) is 13.8 Å². The maximum atomic E-state index is 11.5. The Morgan fingerprint density at radius 3 is 2.47 bits per heavy atom. The molecule has 7 heteroatoms. The van der Waals surface area contributed by atoms with Gasteiger partial charge in [0, 0.05) is 19.6 Å². The number of hydrogen-bond donors (Lipinski definition) is 2. The number of hydrogen-bond acceptors (Lipinski definition) is 4. The van der Waals surface area contributed by atoms with Crippen LogP contribution in [0.15, 0.2) is 0 Å². The molecule has 6 nitrogen and oxygen atoms in total. The summed E-state index contributed by atoms with van der Waals surface area (Å²) in [6.45, 7) is 4.22. The van der Waals surface area contributed by atoms with Crippen LogP contribution in [-0.4, -0.2) is 57.3 Å². The van der Waals surface area contributed by atoms with E-state index in [-0.39, 0.29) is 32.4 Å². The Kier molecular flexibility index (Phi) is 7.03. The first-order chi connectivity index (χ1) is 6.91. The van der Waals surface area contributed by atoms with E-state index in [4.69, 9.17) is 9.84 Å². The Hall–Kier alpha value is -0.210. The predicted molar refractivity (Wildman–Crippen MR) is 57.7 cm³/mol. The summed E-state index contributed by atoms with van der Waals surface area (Å²) in [7, 11) is -1.89. The van der Waals surface area contributed by atoms with Gasteiger partial charge >= 0.3 is 0 Å². The standard InChI is InChI=1S/C8H20N2O4S/c1-8(2)10(3)15(12,13)9-4-6-14-7-5-11/h8-9,11H,4-7H2,1-3H3. The number of aliphatic hydroxyl groups excluding tert-OH is 1. The van der Waals surface area contributed by atoms with E-state index in [9.17, 15) is 8.42 Å². The first-order valence-corrected chi connectivity index (χ1v) is 6.27. The van der Waals surface area contributed by atoms with Crippen molar-refractivity contribution >= 4 is 10.2 Å². The maximum Gasteiger partial charge on any atom is 0.279 e. The molecule has 0 unspecified atom stereocenters. The topological polar surface area (TPSA) is 78.9 Å². The molecule has 0 aliphatic rings. The maximum absolute atomic E-state index is 11.5. The highest BCUT2D eigenvalue weighted by Gasteiger charge is 2.19. The number of aliphatic hydroxyl groups is 1. The lowest BCUT2D eigenvalue weighted by atomic mass is 10.4. The van der Waals surface area contributed by atoms with E-state index in [2.05, 4.69) is 4.72 Å². The molecule has 0 atom stereocenters. The average Bonchev–Trinajstić information content (AvgIpc) is 2.16. The predicted octanol–water partition coefficient (Wildman–Crippen LogP) is -0.830. The summed E-state index contributed by atoms with van der Waals surface area (Å²) in [5.74, 6) is 0. The number of nitrogens with zero attached hydrogens (tertiary/aromatic N) is 1. The second kappa shape index (κ2) is 7.13. The van der Waals surface area contributed by atoms with Gasteiger partial charge in [0.05, 0.1) is 19.8 Å². The van der Waals surface area contributed by atoms with Crippen LogP contribution in [0.4, 0.5) is 0 Å². The van der Waals surface area contributed by atoms with Gasteiger partial charge in [0.25, 0.3) is 10.2 Å². The van der Waals surface area contributed by atoms with Crippen LogP contribution in [-0.2, 0) is 14.9 Å². The monoisotopic (exact) mass is 240 g/mol. The fraction of sp³-hybridized carbons (Fsp3) is 1.00. The third-order valence-corrected chi connectivity index (χ3v) is 3.62. The summed E-state index contributed by atoms with van der Waals surface area (Å²) in [4.78, 5) is 0. The number of nitrogens with one attached hydrogen (secondary N) is 1. The Labute approximate surface area is 91.4 Å². The van der Waals surface area contributed by atoms with Gasteiger partial charge < -0.3 is 9.84 Å². The molecular formula is C8H20N2O4S. The van der Waals surface area contributed by atoms with Gasteiger partial charge in [-0.3, -0.25) is 0 Å². The van der Waals surface area contributed by atoms with Crippen molar-refractivity contribution in [2.24, 2.45) is 0 Å². The van der Waals surface area contributed by atoms with Crippen molar-refractivity contribution in [2.75, 3.05) is 33.4 Å². The molecule has 0 radical (unpaired) electrons. The van der Waals surface area contributed by atoms with E-state index >= 15 is 0 Å². The van der Waals surface area contributed by atoms with E-state index in [0.29, 0.717) is 0 Å². The molecule has 0 amide bonds. The van der Waals surface area contributed by atoms with Crippen LogP contribution in [0, 0.1) is 0 Å². The molecule has 0 aliphatic heterocycles. The Morgan fingerprint density at radius 1 is 1.40 bits per heavy atom. The zero-order chi connectivity index (χ0) is 11.9. The van der Waals surface area contributed by atoms with Gasteiger partial charge in [0.1, 0.15) is 0 Å². The van der Waals surface area contributed by atoms with E-state index in [1.165, 1.54) is 11.4 Å². The highest BCUT2D eigenvalue weighted by molar-refractivity contribution is 7.87. The molecule has 0 saturated carbocycles. The molecule has 0 bridgehead atoms. The van der Waals surface area contributed by atoms with Crippen LogP contribution >= 0.6 is 0 Å². The number of rotatable bonds is 8. The van der Waals surface area contributed by atoms with Crippen molar-refractivity contribution in [1.82, 2.24) is 9.03 Å². The summed E-state index contributed by atoms with van der Waals surface area (Å²) in [5.41, 5.74) is 0. The molecule has 0 aromatic carbocycles. The van der Waals surface area contributed by atoms with E-state index in [1.807, 2.05) is 0 Å². The lowest BCUT2D eigenvalue weighted by Crippen LogP contribution is -2.43. The Bertz CT molecular complexity index is 253. The van der Waals surface area contributed by atoms with Crippen LogP contribution in [0.25, 0.3) is 0 Å². The lowest BCUT2D eigenvalue weighted by molar-refractivity contribution is 0.0959. The molecule has 0 spiro atoms. The van der Waals surface area contributed by atoms with E-state index in [0.717, 1.165) is 0 Å². The van der Waals surface area contributed by atoms with Gasteiger partial charge in [-0.1, -0.05) is 0 Å². The third-order valence-electron chi connectivity index (χ3n) is 1.87. The molecule has 0 heterocycles. The molecule has 0 aromatic heterocycles. The largest absolute Gasteiger partial charge is 0.394 e. The minimum atomic E-state index is -3.41. The molecular weight excluding hydrogens is 220 g/mol. The summed E-state index contributed by atoms with van der Waals surface area (Å²) < 4.78 is 31.6. The summed E-state index contributed by atoms with van der Waals surface area (Å²) in [5, 5.41) is 8.41. The summed E-state index contributed by atoms with van der Waals surface area (Å²) in [6.07, 6.45) is 0. The molecule has 0 saturated heterocycles. The highest BCUT2D eigenvalue weighted by Crippen LogP contribution is 1.99. The van der Waals surface area contributed by atoms with Crippen molar-refractivity contribution in [2.45, 2.75) is 19.9 Å². The van der Waals surface area contributed by atoms with Crippen LogP contribution in [0.3, 0.4) is 0 Å². The second-order valence-corrected chi connectivity index (χ2v) is 5.16. The van der Waals surface area contributed by atoms with Gasteiger partial charge in [-0.2, -0.15) is 17.4 Å². The second-order valence-electron chi connectivity index (χ2n) is 3.35. The average molecular weight is 240 g/mol. The van der Waals surface area contributed by atoms with Gasteiger partial charge in [-0.25, -0.2) is 0 Å². The summed E-state index contributed by atoms with van der Waals surface area (Å²) in [6, 6.07) is -0.0825. The van der Waals surface area contributed by atoms with E-state index in [1.54, 1.807) is 13.8 Å². The molecule has 92 valence electrons. The molecule has 2 N–H and O–H groups in total.